The van der Waals surface area contributed by atoms with Crippen LogP contribution in [0.25, 0.3) is 0 Å². The summed E-state index contributed by atoms with van der Waals surface area (Å²) in [5.74, 6) is -0.814. The molecule has 14 heavy (non-hydrogen) atoms. The van der Waals surface area contributed by atoms with E-state index in [1.165, 1.54) is 18.0 Å². The first-order chi connectivity index (χ1) is 6.65. The molecule has 0 aliphatic heterocycles. The van der Waals surface area contributed by atoms with Gasteiger partial charge in [-0.25, -0.2) is 0 Å². The fourth-order valence-electron chi connectivity index (χ4n) is 0.920. The number of aliphatic carboxylic acids is 1. The molecule has 0 saturated heterocycles. The van der Waals surface area contributed by atoms with Crippen molar-refractivity contribution in [2.45, 2.75) is 23.5 Å². The number of hydrogen-bond acceptors (Lipinski definition) is 3. The summed E-state index contributed by atoms with van der Waals surface area (Å²) >= 11 is 7.11. The first-order valence-corrected chi connectivity index (χ1v) is 5.40. The summed E-state index contributed by atoms with van der Waals surface area (Å²) in [7, 11) is 0. The highest BCUT2D eigenvalue weighted by Crippen LogP contribution is 2.30. The number of thioether (sulfide) groups is 1. The van der Waals surface area contributed by atoms with Gasteiger partial charge in [-0.3, -0.25) is 9.78 Å². The zero-order chi connectivity index (χ0) is 10.6. The van der Waals surface area contributed by atoms with Crippen molar-refractivity contribution in [1.82, 2.24) is 4.98 Å². The van der Waals surface area contributed by atoms with Gasteiger partial charge in [0.15, 0.2) is 0 Å². The maximum absolute atomic E-state index is 10.8. The highest BCUT2D eigenvalue weighted by molar-refractivity contribution is 8.00. The fraction of sp³-hybridized carbons (Fsp3) is 0.333. The largest absolute Gasteiger partial charge is 0.480 e. The molecule has 0 aromatic carbocycles. The van der Waals surface area contributed by atoms with Gasteiger partial charge in [0.2, 0.25) is 0 Å². The quantitative estimate of drug-likeness (QED) is 0.810. The third-order valence-electron chi connectivity index (χ3n) is 1.65. The Balaban J connectivity index is 2.77. The van der Waals surface area contributed by atoms with E-state index in [0.717, 1.165) is 4.90 Å². The number of rotatable bonds is 4. The molecule has 0 amide bonds. The molecule has 1 unspecified atom stereocenters. The van der Waals surface area contributed by atoms with Gasteiger partial charge in [0.25, 0.3) is 0 Å². The zero-order valence-corrected chi connectivity index (χ0v) is 9.18. The molecule has 0 saturated carbocycles. The minimum Gasteiger partial charge on any atom is -0.480 e. The first-order valence-electron chi connectivity index (χ1n) is 4.14. The SMILES string of the molecule is CCC(Sc1ccncc1Cl)C(=O)O. The van der Waals surface area contributed by atoms with Crippen molar-refractivity contribution in [3.63, 3.8) is 0 Å². The molecule has 0 aliphatic rings. The van der Waals surface area contributed by atoms with E-state index < -0.39 is 11.2 Å². The van der Waals surface area contributed by atoms with Gasteiger partial charge in [-0.2, -0.15) is 0 Å². The van der Waals surface area contributed by atoms with E-state index in [1.807, 2.05) is 6.92 Å². The van der Waals surface area contributed by atoms with Crippen molar-refractivity contribution in [2.24, 2.45) is 0 Å². The van der Waals surface area contributed by atoms with Crippen molar-refractivity contribution in [1.29, 1.82) is 0 Å². The van der Waals surface area contributed by atoms with Crippen LogP contribution in [0.4, 0.5) is 0 Å². The average molecular weight is 232 g/mol. The third kappa shape index (κ3) is 2.89. The molecule has 1 aromatic heterocycles. The van der Waals surface area contributed by atoms with Gasteiger partial charge in [-0.15, -0.1) is 11.8 Å². The Morgan fingerprint density at radius 1 is 1.79 bits per heavy atom. The Bertz CT molecular complexity index is 332. The predicted molar refractivity (Wildman–Crippen MR) is 56.8 cm³/mol. The van der Waals surface area contributed by atoms with Crippen molar-refractivity contribution in [2.75, 3.05) is 0 Å². The van der Waals surface area contributed by atoms with Gasteiger partial charge in [0.05, 0.1) is 5.02 Å². The van der Waals surface area contributed by atoms with Crippen molar-refractivity contribution < 1.29 is 9.90 Å². The minimum absolute atomic E-state index is 0.449. The average Bonchev–Trinajstić information content (AvgIpc) is 2.16. The molecule has 0 bridgehead atoms. The monoisotopic (exact) mass is 231 g/mol. The van der Waals surface area contributed by atoms with Gasteiger partial charge >= 0.3 is 5.97 Å². The van der Waals surface area contributed by atoms with Crippen LogP contribution in [0, 0.1) is 0 Å². The highest BCUT2D eigenvalue weighted by Gasteiger charge is 2.17. The van der Waals surface area contributed by atoms with Crippen LogP contribution in [0.15, 0.2) is 23.4 Å². The van der Waals surface area contributed by atoms with E-state index in [2.05, 4.69) is 4.98 Å². The van der Waals surface area contributed by atoms with E-state index in [-0.39, 0.29) is 0 Å². The third-order valence-corrected chi connectivity index (χ3v) is 3.49. The Hall–Kier alpha value is -0.740. The van der Waals surface area contributed by atoms with Gasteiger partial charge in [-0.1, -0.05) is 18.5 Å². The number of hydrogen-bond donors (Lipinski definition) is 1. The van der Waals surface area contributed by atoms with E-state index in [4.69, 9.17) is 16.7 Å². The molecule has 0 radical (unpaired) electrons. The van der Waals surface area contributed by atoms with Crippen LogP contribution in [0.5, 0.6) is 0 Å². The van der Waals surface area contributed by atoms with E-state index in [1.54, 1.807) is 12.3 Å². The molecule has 1 heterocycles. The first kappa shape index (κ1) is 11.3. The molecule has 1 N–H and O–H groups in total. The Labute approximate surface area is 91.5 Å². The Morgan fingerprint density at radius 3 is 3.00 bits per heavy atom. The number of carbonyl (C=O) groups is 1. The molecule has 1 aromatic rings. The molecule has 0 spiro atoms. The topological polar surface area (TPSA) is 50.2 Å². The summed E-state index contributed by atoms with van der Waals surface area (Å²) in [6.45, 7) is 1.83. The second-order valence-electron chi connectivity index (χ2n) is 2.66. The lowest BCUT2D eigenvalue weighted by molar-refractivity contribution is -0.136. The van der Waals surface area contributed by atoms with Crippen LogP contribution >= 0.6 is 23.4 Å². The van der Waals surface area contributed by atoms with Crippen LogP contribution in [-0.2, 0) is 4.79 Å². The van der Waals surface area contributed by atoms with Crippen LogP contribution in [-0.4, -0.2) is 21.3 Å². The maximum atomic E-state index is 10.8. The van der Waals surface area contributed by atoms with Crippen LogP contribution in [0.1, 0.15) is 13.3 Å². The Kier molecular flexibility index (Phi) is 4.22. The van der Waals surface area contributed by atoms with Crippen molar-refractivity contribution in [3.8, 4) is 0 Å². The molecule has 1 rings (SSSR count). The molecule has 0 aliphatic carbocycles. The van der Waals surface area contributed by atoms with E-state index in [0.29, 0.717) is 11.4 Å². The lowest BCUT2D eigenvalue weighted by Gasteiger charge is -2.09. The minimum atomic E-state index is -0.814. The van der Waals surface area contributed by atoms with Crippen LogP contribution in [0.3, 0.4) is 0 Å². The van der Waals surface area contributed by atoms with Crippen LogP contribution < -0.4 is 0 Å². The van der Waals surface area contributed by atoms with Crippen LogP contribution in [0.2, 0.25) is 5.02 Å². The number of carboxylic acids is 1. The van der Waals surface area contributed by atoms with Crippen molar-refractivity contribution in [3.05, 3.63) is 23.5 Å². The summed E-state index contributed by atoms with van der Waals surface area (Å²) in [6.07, 6.45) is 3.68. The molecule has 0 fully saturated rings. The fourth-order valence-corrected chi connectivity index (χ4v) is 2.05. The lowest BCUT2D eigenvalue weighted by Crippen LogP contribution is -2.14. The van der Waals surface area contributed by atoms with Gasteiger partial charge in [-0.05, 0) is 12.5 Å². The van der Waals surface area contributed by atoms with Gasteiger partial charge < -0.3 is 5.11 Å². The highest BCUT2D eigenvalue weighted by atomic mass is 35.5. The molecule has 3 nitrogen and oxygen atoms in total. The van der Waals surface area contributed by atoms with Gasteiger partial charge in [0.1, 0.15) is 5.25 Å². The van der Waals surface area contributed by atoms with E-state index in [9.17, 15) is 4.79 Å². The van der Waals surface area contributed by atoms with E-state index >= 15 is 0 Å². The molecule has 1 atom stereocenters. The summed E-state index contributed by atoms with van der Waals surface area (Å²) in [6, 6.07) is 1.72. The number of pyridine rings is 1. The number of aromatic nitrogens is 1. The normalized spacial score (nSPS) is 12.4. The standard InChI is InChI=1S/C9H10ClNO2S/c1-2-7(9(12)13)14-8-3-4-11-5-6(8)10/h3-5,7H,2H2,1H3,(H,12,13). The molecule has 76 valence electrons. The summed E-state index contributed by atoms with van der Waals surface area (Å²) in [5.41, 5.74) is 0. The summed E-state index contributed by atoms with van der Waals surface area (Å²) in [4.78, 5) is 15.4. The number of carboxylic acid groups (broad SMARTS) is 1. The molecular weight excluding hydrogens is 222 g/mol. The van der Waals surface area contributed by atoms with Crippen molar-refractivity contribution >= 4 is 29.3 Å². The molecule has 5 heteroatoms. The predicted octanol–water partition coefficient (Wildman–Crippen LogP) is 2.69. The number of halogens is 1. The second-order valence-corrected chi connectivity index (χ2v) is 4.31. The Morgan fingerprint density at radius 2 is 2.50 bits per heavy atom. The van der Waals surface area contributed by atoms with Gasteiger partial charge in [0, 0.05) is 17.3 Å². The second kappa shape index (κ2) is 5.22. The summed E-state index contributed by atoms with van der Waals surface area (Å²) in [5, 5.41) is 8.89. The summed E-state index contributed by atoms with van der Waals surface area (Å²) < 4.78 is 0. The smallest absolute Gasteiger partial charge is 0.316 e. The zero-order valence-electron chi connectivity index (χ0n) is 7.61. The lowest BCUT2D eigenvalue weighted by atomic mass is 10.3. The maximum Gasteiger partial charge on any atom is 0.316 e. The number of nitrogens with zero attached hydrogens (tertiary/aromatic N) is 1. The molecular formula is C9H10ClNO2S.